The molecule has 0 radical (unpaired) electrons. The van der Waals surface area contributed by atoms with Gasteiger partial charge in [-0.1, -0.05) is 0 Å². The van der Waals surface area contributed by atoms with Crippen LogP contribution in [0.2, 0.25) is 0 Å². The number of amides is 1. The first kappa shape index (κ1) is 14.9. The standard InChI is InChI=1S/C15H19N3O4/c19-10-13-2-1-6-16(13)9-15(20)17-7-5-11-8-12(18(21)22)3-4-14(11)17/h3-4,8,13,19H,1-2,5-7,9-10H2/t13-/m1/s1. The number of benzene rings is 1. The number of anilines is 1. The molecule has 0 spiro atoms. The lowest BCUT2D eigenvalue weighted by Gasteiger charge is -2.25. The number of aliphatic hydroxyl groups is 1. The van der Waals surface area contributed by atoms with Gasteiger partial charge in [-0.25, -0.2) is 0 Å². The monoisotopic (exact) mass is 305 g/mol. The number of fused-ring (bicyclic) bond motifs is 1. The summed E-state index contributed by atoms with van der Waals surface area (Å²) in [4.78, 5) is 26.6. The van der Waals surface area contributed by atoms with Crippen LogP contribution in [0.15, 0.2) is 18.2 Å². The van der Waals surface area contributed by atoms with E-state index in [4.69, 9.17) is 0 Å². The van der Waals surface area contributed by atoms with Crippen molar-refractivity contribution in [2.75, 3.05) is 31.1 Å². The van der Waals surface area contributed by atoms with Gasteiger partial charge >= 0.3 is 0 Å². The fourth-order valence-electron chi connectivity index (χ4n) is 3.33. The Kier molecular flexibility index (Phi) is 4.08. The van der Waals surface area contributed by atoms with Gasteiger partial charge in [-0.2, -0.15) is 0 Å². The van der Waals surface area contributed by atoms with Crippen LogP contribution >= 0.6 is 0 Å². The first-order valence-corrected chi connectivity index (χ1v) is 7.52. The number of aliphatic hydroxyl groups excluding tert-OH is 1. The predicted octanol–water partition coefficient (Wildman–Crippen LogP) is 0.941. The van der Waals surface area contributed by atoms with Crippen molar-refractivity contribution in [3.63, 3.8) is 0 Å². The van der Waals surface area contributed by atoms with E-state index in [2.05, 4.69) is 0 Å². The highest BCUT2D eigenvalue weighted by Gasteiger charge is 2.30. The lowest BCUT2D eigenvalue weighted by molar-refractivity contribution is -0.384. The average molecular weight is 305 g/mol. The molecule has 0 saturated carbocycles. The lowest BCUT2D eigenvalue weighted by atomic mass is 10.1. The van der Waals surface area contributed by atoms with Crippen molar-refractivity contribution in [1.29, 1.82) is 0 Å². The molecule has 1 aromatic rings. The second-order valence-electron chi connectivity index (χ2n) is 5.81. The van der Waals surface area contributed by atoms with Crippen LogP contribution in [0.25, 0.3) is 0 Å². The molecule has 0 bridgehead atoms. The van der Waals surface area contributed by atoms with Crippen molar-refractivity contribution in [2.45, 2.75) is 25.3 Å². The number of nitro groups is 1. The molecular weight excluding hydrogens is 286 g/mol. The summed E-state index contributed by atoms with van der Waals surface area (Å²) in [6.07, 6.45) is 2.57. The number of carbonyl (C=O) groups excluding carboxylic acids is 1. The third-order valence-corrected chi connectivity index (χ3v) is 4.52. The molecule has 0 unspecified atom stereocenters. The molecule has 1 fully saturated rings. The Bertz CT molecular complexity index is 604. The van der Waals surface area contributed by atoms with Gasteiger partial charge in [0.2, 0.25) is 5.91 Å². The molecule has 2 aliphatic rings. The van der Waals surface area contributed by atoms with Crippen LogP contribution in [0.4, 0.5) is 11.4 Å². The van der Waals surface area contributed by atoms with E-state index in [1.807, 2.05) is 4.90 Å². The van der Waals surface area contributed by atoms with E-state index in [9.17, 15) is 20.0 Å². The molecule has 2 aliphatic heterocycles. The summed E-state index contributed by atoms with van der Waals surface area (Å²) in [5.41, 5.74) is 1.69. The van der Waals surface area contributed by atoms with Crippen molar-refractivity contribution in [2.24, 2.45) is 0 Å². The molecule has 2 heterocycles. The topological polar surface area (TPSA) is 86.9 Å². The molecule has 3 rings (SSSR count). The van der Waals surface area contributed by atoms with Gasteiger partial charge in [0, 0.05) is 30.4 Å². The fraction of sp³-hybridized carbons (Fsp3) is 0.533. The average Bonchev–Trinajstić information content (AvgIpc) is 3.12. The number of rotatable bonds is 4. The van der Waals surface area contributed by atoms with Crippen molar-refractivity contribution in [3.05, 3.63) is 33.9 Å². The van der Waals surface area contributed by atoms with Crippen LogP contribution in [0.3, 0.4) is 0 Å². The minimum Gasteiger partial charge on any atom is -0.395 e. The van der Waals surface area contributed by atoms with E-state index >= 15 is 0 Å². The maximum absolute atomic E-state index is 12.5. The van der Waals surface area contributed by atoms with E-state index in [-0.39, 0.29) is 24.2 Å². The quantitative estimate of drug-likeness (QED) is 0.661. The summed E-state index contributed by atoms with van der Waals surface area (Å²) in [6.45, 7) is 1.77. The number of hydrogen-bond donors (Lipinski definition) is 1. The molecule has 22 heavy (non-hydrogen) atoms. The zero-order valence-electron chi connectivity index (χ0n) is 12.3. The Morgan fingerprint density at radius 2 is 2.23 bits per heavy atom. The predicted molar refractivity (Wildman–Crippen MR) is 80.8 cm³/mol. The molecular formula is C15H19N3O4. The molecule has 1 saturated heterocycles. The van der Waals surface area contributed by atoms with Crippen molar-refractivity contribution in [1.82, 2.24) is 4.90 Å². The van der Waals surface area contributed by atoms with Gasteiger partial charge in [0.15, 0.2) is 0 Å². The third kappa shape index (κ3) is 2.69. The van der Waals surface area contributed by atoms with Gasteiger partial charge in [0.25, 0.3) is 5.69 Å². The van der Waals surface area contributed by atoms with Crippen LogP contribution < -0.4 is 4.90 Å². The fourth-order valence-corrected chi connectivity index (χ4v) is 3.33. The second-order valence-corrected chi connectivity index (χ2v) is 5.81. The van der Waals surface area contributed by atoms with Gasteiger partial charge < -0.3 is 10.0 Å². The number of hydrogen-bond acceptors (Lipinski definition) is 5. The molecule has 7 nitrogen and oxygen atoms in total. The molecule has 1 amide bonds. The van der Waals surface area contributed by atoms with Crippen molar-refractivity contribution in [3.8, 4) is 0 Å². The smallest absolute Gasteiger partial charge is 0.269 e. The third-order valence-electron chi connectivity index (χ3n) is 4.52. The van der Waals surface area contributed by atoms with Gasteiger partial charge in [-0.15, -0.1) is 0 Å². The van der Waals surface area contributed by atoms with Gasteiger partial charge in [0.1, 0.15) is 0 Å². The van der Waals surface area contributed by atoms with E-state index < -0.39 is 4.92 Å². The highest BCUT2D eigenvalue weighted by molar-refractivity contribution is 5.97. The SMILES string of the molecule is O=C(CN1CCC[C@@H]1CO)N1CCc2cc([N+](=O)[O-])ccc21. The minimum absolute atomic E-state index is 0.00652. The summed E-state index contributed by atoms with van der Waals surface area (Å²) in [6, 6.07) is 4.72. The van der Waals surface area contributed by atoms with Gasteiger partial charge in [0.05, 0.1) is 18.1 Å². The van der Waals surface area contributed by atoms with Crippen molar-refractivity contribution < 1.29 is 14.8 Å². The lowest BCUT2D eigenvalue weighted by Crippen LogP contribution is -2.42. The first-order valence-electron chi connectivity index (χ1n) is 7.52. The molecule has 1 atom stereocenters. The summed E-state index contributed by atoms with van der Waals surface area (Å²) in [7, 11) is 0. The molecule has 118 valence electrons. The summed E-state index contributed by atoms with van der Waals surface area (Å²) >= 11 is 0. The Labute approximate surface area is 128 Å². The number of likely N-dealkylation sites (tertiary alicyclic amines) is 1. The van der Waals surface area contributed by atoms with Gasteiger partial charge in [-0.3, -0.25) is 19.8 Å². The zero-order valence-corrected chi connectivity index (χ0v) is 12.3. The summed E-state index contributed by atoms with van der Waals surface area (Å²) in [5.74, 6) is -0.00652. The Morgan fingerprint density at radius 3 is 2.95 bits per heavy atom. The van der Waals surface area contributed by atoms with Crippen LogP contribution in [-0.4, -0.2) is 53.1 Å². The number of nitro benzene ring substituents is 1. The largest absolute Gasteiger partial charge is 0.395 e. The van der Waals surface area contributed by atoms with E-state index in [0.717, 1.165) is 30.6 Å². The summed E-state index contributed by atoms with van der Waals surface area (Å²) in [5, 5.41) is 20.1. The molecule has 0 aromatic heterocycles. The maximum atomic E-state index is 12.5. The van der Waals surface area contributed by atoms with E-state index in [0.29, 0.717) is 19.5 Å². The van der Waals surface area contributed by atoms with E-state index in [1.54, 1.807) is 17.0 Å². The molecule has 7 heteroatoms. The number of carbonyl (C=O) groups is 1. The zero-order chi connectivity index (χ0) is 15.7. The maximum Gasteiger partial charge on any atom is 0.269 e. The Morgan fingerprint density at radius 1 is 1.41 bits per heavy atom. The Hall–Kier alpha value is -1.99. The minimum atomic E-state index is -0.416. The first-order chi connectivity index (χ1) is 10.6. The van der Waals surface area contributed by atoms with Crippen LogP contribution in [0.5, 0.6) is 0 Å². The highest BCUT2D eigenvalue weighted by Crippen LogP contribution is 2.31. The molecule has 1 N–H and O–H groups in total. The highest BCUT2D eigenvalue weighted by atomic mass is 16.6. The van der Waals surface area contributed by atoms with Gasteiger partial charge in [-0.05, 0) is 37.4 Å². The normalized spacial score (nSPS) is 21.1. The Balaban J connectivity index is 1.72. The molecule has 1 aromatic carbocycles. The van der Waals surface area contributed by atoms with Crippen LogP contribution in [0, 0.1) is 10.1 Å². The summed E-state index contributed by atoms with van der Waals surface area (Å²) < 4.78 is 0. The van der Waals surface area contributed by atoms with Crippen LogP contribution in [0.1, 0.15) is 18.4 Å². The van der Waals surface area contributed by atoms with Crippen LogP contribution in [-0.2, 0) is 11.2 Å². The molecule has 0 aliphatic carbocycles. The van der Waals surface area contributed by atoms with Crippen molar-refractivity contribution >= 4 is 17.3 Å². The van der Waals surface area contributed by atoms with E-state index in [1.165, 1.54) is 6.07 Å². The number of non-ortho nitro benzene ring substituents is 1. The number of nitrogens with zero attached hydrogens (tertiary/aromatic N) is 3. The second kappa shape index (κ2) is 6.02.